The van der Waals surface area contributed by atoms with E-state index in [-0.39, 0.29) is 17.9 Å². The van der Waals surface area contributed by atoms with Crippen molar-refractivity contribution in [1.29, 1.82) is 5.26 Å². The van der Waals surface area contributed by atoms with Gasteiger partial charge in [0.2, 0.25) is 11.8 Å². The third kappa shape index (κ3) is 7.09. The average molecular weight is 390 g/mol. The number of piperidine rings is 1. The number of unbranched alkanes of at least 4 members (excludes halogenated alkanes) is 1. The minimum Gasteiger partial charge on any atom is -0.370 e. The molecular weight excluding hydrogens is 352 g/mol. The molecule has 0 aromatic carbocycles. The number of nitrogens with one attached hydrogen (secondary N) is 1. The van der Waals surface area contributed by atoms with Crippen LogP contribution >= 0.6 is 0 Å². The lowest BCUT2D eigenvalue weighted by atomic mass is 9.81. The van der Waals surface area contributed by atoms with Gasteiger partial charge in [0.15, 0.2) is 0 Å². The van der Waals surface area contributed by atoms with Crippen LogP contribution in [0.25, 0.3) is 0 Å². The molecule has 28 heavy (non-hydrogen) atoms. The molecule has 1 radical (unpaired) electrons. The molecule has 0 aromatic heterocycles. The van der Waals surface area contributed by atoms with Crippen LogP contribution in [0.15, 0.2) is 0 Å². The summed E-state index contributed by atoms with van der Waals surface area (Å²) in [6, 6.07) is 2.61. The van der Waals surface area contributed by atoms with E-state index >= 15 is 0 Å². The molecular formula is C22H37N4O2. The summed E-state index contributed by atoms with van der Waals surface area (Å²) in [6.45, 7) is 3.49. The van der Waals surface area contributed by atoms with Crippen LogP contribution in [0.4, 0.5) is 0 Å². The highest BCUT2D eigenvalue weighted by Crippen LogP contribution is 2.31. The zero-order valence-corrected chi connectivity index (χ0v) is 17.4. The maximum absolute atomic E-state index is 12.5. The maximum atomic E-state index is 12.5. The second-order valence-corrected chi connectivity index (χ2v) is 8.63. The molecule has 1 heterocycles. The molecule has 157 valence electrons. The molecule has 3 N–H and O–H groups in total. The SMILES string of the molecule is CCCCC1CC(C#N)(NC(=O)[CH]CC2CCCCC2)CCN1CCC(N)=O. The fourth-order valence-electron chi connectivity index (χ4n) is 4.65. The highest BCUT2D eigenvalue weighted by molar-refractivity contribution is 5.85. The van der Waals surface area contributed by atoms with Gasteiger partial charge in [0.05, 0.1) is 6.07 Å². The molecule has 6 nitrogen and oxygen atoms in total. The van der Waals surface area contributed by atoms with Crippen LogP contribution in [0.5, 0.6) is 0 Å². The van der Waals surface area contributed by atoms with Crippen molar-refractivity contribution < 1.29 is 9.59 Å². The van der Waals surface area contributed by atoms with Crippen LogP contribution in [0.2, 0.25) is 0 Å². The average Bonchev–Trinajstić information content (AvgIpc) is 2.70. The van der Waals surface area contributed by atoms with Crippen molar-refractivity contribution in [3.05, 3.63) is 6.42 Å². The van der Waals surface area contributed by atoms with E-state index in [1.165, 1.54) is 32.1 Å². The van der Waals surface area contributed by atoms with Crippen molar-refractivity contribution in [2.24, 2.45) is 11.7 Å². The number of nitriles is 1. The molecule has 1 aliphatic heterocycles. The largest absolute Gasteiger partial charge is 0.370 e. The van der Waals surface area contributed by atoms with Crippen molar-refractivity contribution in [2.45, 2.75) is 95.6 Å². The number of carbonyl (C=O) groups excluding carboxylic acids is 2. The number of rotatable bonds is 10. The molecule has 2 unspecified atom stereocenters. The van der Waals surface area contributed by atoms with Gasteiger partial charge in [0.25, 0.3) is 0 Å². The minimum atomic E-state index is -0.804. The molecule has 2 aliphatic rings. The Balaban J connectivity index is 1.91. The van der Waals surface area contributed by atoms with E-state index in [0.29, 0.717) is 38.3 Å². The van der Waals surface area contributed by atoms with Gasteiger partial charge in [-0.1, -0.05) is 51.9 Å². The number of primary amides is 1. The molecule has 2 amide bonds. The Morgan fingerprint density at radius 2 is 2.07 bits per heavy atom. The normalized spacial score (nSPS) is 26.5. The van der Waals surface area contributed by atoms with Gasteiger partial charge in [0, 0.05) is 32.0 Å². The molecule has 0 aromatic rings. The quantitative estimate of drug-likeness (QED) is 0.600. The van der Waals surface area contributed by atoms with Crippen molar-refractivity contribution in [3.8, 4) is 6.07 Å². The highest BCUT2D eigenvalue weighted by atomic mass is 16.2. The summed E-state index contributed by atoms with van der Waals surface area (Å²) >= 11 is 0. The smallest absolute Gasteiger partial charge is 0.225 e. The van der Waals surface area contributed by atoms with Gasteiger partial charge < -0.3 is 11.1 Å². The Labute approximate surface area is 170 Å². The third-order valence-electron chi connectivity index (χ3n) is 6.40. The molecule has 6 heteroatoms. The van der Waals surface area contributed by atoms with Crippen LogP contribution in [-0.2, 0) is 9.59 Å². The lowest BCUT2D eigenvalue weighted by molar-refractivity contribution is -0.120. The Morgan fingerprint density at radius 3 is 2.71 bits per heavy atom. The molecule has 1 saturated carbocycles. The van der Waals surface area contributed by atoms with Crippen LogP contribution in [-0.4, -0.2) is 41.4 Å². The molecule has 0 spiro atoms. The third-order valence-corrected chi connectivity index (χ3v) is 6.40. The fraction of sp³-hybridized carbons (Fsp3) is 0.818. The number of nitrogens with zero attached hydrogens (tertiary/aromatic N) is 2. The Bertz CT molecular complexity index is 553. The van der Waals surface area contributed by atoms with Crippen molar-refractivity contribution in [3.63, 3.8) is 0 Å². The number of carbonyl (C=O) groups is 2. The van der Waals surface area contributed by atoms with E-state index in [0.717, 1.165) is 25.7 Å². The van der Waals surface area contributed by atoms with E-state index in [4.69, 9.17) is 5.73 Å². The summed E-state index contributed by atoms with van der Waals surface area (Å²) in [4.78, 5) is 26.0. The number of nitrogens with two attached hydrogens (primary N) is 1. The lowest BCUT2D eigenvalue weighted by Gasteiger charge is -2.43. The van der Waals surface area contributed by atoms with E-state index < -0.39 is 5.54 Å². The van der Waals surface area contributed by atoms with E-state index in [9.17, 15) is 14.9 Å². The maximum Gasteiger partial charge on any atom is 0.225 e. The summed E-state index contributed by atoms with van der Waals surface area (Å²) in [7, 11) is 0. The summed E-state index contributed by atoms with van der Waals surface area (Å²) in [5, 5.41) is 12.9. The van der Waals surface area contributed by atoms with Gasteiger partial charge in [0.1, 0.15) is 5.54 Å². The highest BCUT2D eigenvalue weighted by Gasteiger charge is 2.41. The zero-order chi connectivity index (χ0) is 20.4. The first kappa shape index (κ1) is 22.7. The summed E-state index contributed by atoms with van der Waals surface area (Å²) < 4.78 is 0. The fourth-order valence-corrected chi connectivity index (χ4v) is 4.65. The Hall–Kier alpha value is -1.61. The molecule has 0 bridgehead atoms. The van der Waals surface area contributed by atoms with Crippen molar-refractivity contribution in [1.82, 2.24) is 10.2 Å². The number of hydrogen-bond donors (Lipinski definition) is 2. The summed E-state index contributed by atoms with van der Waals surface area (Å²) in [6.07, 6.45) is 13.5. The van der Waals surface area contributed by atoms with Gasteiger partial charge in [-0.25, -0.2) is 0 Å². The van der Waals surface area contributed by atoms with Crippen LogP contribution in [0.3, 0.4) is 0 Å². The number of amides is 2. The predicted octanol–water partition coefficient (Wildman–Crippen LogP) is 3.07. The monoisotopic (exact) mass is 389 g/mol. The van der Waals surface area contributed by atoms with E-state index in [1.54, 1.807) is 6.42 Å². The van der Waals surface area contributed by atoms with Crippen molar-refractivity contribution >= 4 is 11.8 Å². The van der Waals surface area contributed by atoms with Gasteiger partial charge in [-0.15, -0.1) is 0 Å². The lowest BCUT2D eigenvalue weighted by Crippen LogP contribution is -2.58. The standard InChI is InChI=1S/C22H37N4O2/c1-2-3-9-19-16-22(17-23,13-15-26(19)14-12-20(24)27)25-21(28)11-10-18-7-5-4-6-8-18/h11,18-19H,2-10,12-16H2,1H3,(H2,24,27)(H,25,28). The van der Waals surface area contributed by atoms with Crippen LogP contribution < -0.4 is 11.1 Å². The van der Waals surface area contributed by atoms with E-state index in [1.807, 2.05) is 0 Å². The van der Waals surface area contributed by atoms with Gasteiger partial charge in [-0.05, 0) is 31.6 Å². The topological polar surface area (TPSA) is 99.2 Å². The number of hydrogen-bond acceptors (Lipinski definition) is 4. The van der Waals surface area contributed by atoms with Gasteiger partial charge >= 0.3 is 0 Å². The molecule has 2 fully saturated rings. The van der Waals surface area contributed by atoms with Gasteiger partial charge in [-0.3, -0.25) is 14.5 Å². The number of likely N-dealkylation sites (tertiary alicyclic amines) is 1. The second-order valence-electron chi connectivity index (χ2n) is 8.63. The Morgan fingerprint density at radius 1 is 1.32 bits per heavy atom. The van der Waals surface area contributed by atoms with Crippen molar-refractivity contribution in [2.75, 3.05) is 13.1 Å². The van der Waals surface area contributed by atoms with Crippen LogP contribution in [0.1, 0.15) is 84.0 Å². The molecule has 1 saturated heterocycles. The first-order valence-electron chi connectivity index (χ1n) is 11.1. The van der Waals surface area contributed by atoms with Gasteiger partial charge in [-0.2, -0.15) is 5.26 Å². The molecule has 2 atom stereocenters. The van der Waals surface area contributed by atoms with Crippen LogP contribution in [0, 0.1) is 23.7 Å². The molecule has 2 rings (SSSR count). The first-order chi connectivity index (χ1) is 13.5. The van der Waals surface area contributed by atoms with E-state index in [2.05, 4.69) is 23.2 Å². The minimum absolute atomic E-state index is 0.105. The summed E-state index contributed by atoms with van der Waals surface area (Å²) in [5.41, 5.74) is 4.51. The first-order valence-corrected chi connectivity index (χ1v) is 11.1. The molecule has 1 aliphatic carbocycles. The summed E-state index contributed by atoms with van der Waals surface area (Å²) in [5.74, 6) is 0.217. The zero-order valence-electron chi connectivity index (χ0n) is 17.4. The Kier molecular flexibility index (Phi) is 9.24. The second kappa shape index (κ2) is 11.4. The predicted molar refractivity (Wildman–Crippen MR) is 110 cm³/mol.